The Labute approximate surface area is 131 Å². The number of aliphatic hydroxyl groups excluding tert-OH is 1. The lowest BCUT2D eigenvalue weighted by Crippen LogP contribution is -2.26. The monoisotopic (exact) mass is 349 g/mol. The van der Waals surface area contributed by atoms with Crippen LogP contribution in [0, 0.1) is 0 Å². The van der Waals surface area contributed by atoms with Crippen molar-refractivity contribution in [3.63, 3.8) is 0 Å². The van der Waals surface area contributed by atoms with Crippen molar-refractivity contribution in [3.05, 3.63) is 64.1 Å². The molecular weight excluding hydrogens is 334 g/mol. The molecule has 0 saturated heterocycles. The topological polar surface area (TPSA) is 58.6 Å². The van der Waals surface area contributed by atoms with Gasteiger partial charge in [-0.3, -0.25) is 4.79 Å². The van der Waals surface area contributed by atoms with E-state index in [4.69, 9.17) is 9.84 Å². The minimum absolute atomic E-state index is 0.0915. The molecule has 0 unspecified atom stereocenters. The summed E-state index contributed by atoms with van der Waals surface area (Å²) in [4.78, 5) is 12.0. The van der Waals surface area contributed by atoms with Gasteiger partial charge in [0.05, 0.1) is 12.2 Å². The number of amides is 1. The van der Waals surface area contributed by atoms with E-state index in [9.17, 15) is 4.79 Å². The number of hydrogen-bond donors (Lipinski definition) is 2. The SMILES string of the molecule is O=C(NCCO)c1ccccc1OCc1ccccc1Br. The van der Waals surface area contributed by atoms with Gasteiger partial charge in [0.25, 0.3) is 5.91 Å². The normalized spacial score (nSPS) is 10.2. The summed E-state index contributed by atoms with van der Waals surface area (Å²) in [7, 11) is 0. The molecule has 0 saturated carbocycles. The van der Waals surface area contributed by atoms with Crippen LogP contribution in [-0.2, 0) is 6.61 Å². The van der Waals surface area contributed by atoms with Gasteiger partial charge in [-0.15, -0.1) is 0 Å². The van der Waals surface area contributed by atoms with E-state index in [2.05, 4.69) is 21.2 Å². The number of para-hydroxylation sites is 1. The first-order chi connectivity index (χ1) is 10.2. The third-order valence-corrected chi connectivity index (χ3v) is 3.64. The Morgan fingerprint density at radius 2 is 1.86 bits per heavy atom. The van der Waals surface area contributed by atoms with Crippen LogP contribution in [0.5, 0.6) is 5.75 Å². The predicted octanol–water partition coefficient (Wildman–Crippen LogP) is 2.75. The molecule has 4 nitrogen and oxygen atoms in total. The molecule has 0 aromatic heterocycles. The molecule has 0 aliphatic rings. The van der Waals surface area contributed by atoms with Crippen molar-refractivity contribution in [2.24, 2.45) is 0 Å². The van der Waals surface area contributed by atoms with Crippen LogP contribution in [-0.4, -0.2) is 24.2 Å². The van der Waals surface area contributed by atoms with E-state index in [0.29, 0.717) is 17.9 Å². The first-order valence-corrected chi connectivity index (χ1v) is 7.36. The molecule has 21 heavy (non-hydrogen) atoms. The highest BCUT2D eigenvalue weighted by atomic mass is 79.9. The van der Waals surface area contributed by atoms with E-state index in [-0.39, 0.29) is 19.1 Å². The molecule has 2 rings (SSSR count). The second-order valence-corrected chi connectivity index (χ2v) is 5.21. The highest BCUT2D eigenvalue weighted by molar-refractivity contribution is 9.10. The van der Waals surface area contributed by atoms with E-state index in [1.165, 1.54) is 0 Å². The summed E-state index contributed by atoms with van der Waals surface area (Å²) in [5, 5.41) is 11.4. The van der Waals surface area contributed by atoms with Gasteiger partial charge in [-0.1, -0.05) is 46.3 Å². The molecule has 0 bridgehead atoms. The van der Waals surface area contributed by atoms with Crippen LogP contribution in [0.1, 0.15) is 15.9 Å². The highest BCUT2D eigenvalue weighted by Crippen LogP contribution is 2.22. The number of aliphatic hydroxyl groups is 1. The van der Waals surface area contributed by atoms with Gasteiger partial charge in [0, 0.05) is 16.6 Å². The molecule has 0 fully saturated rings. The number of carbonyl (C=O) groups is 1. The molecule has 0 atom stereocenters. The fourth-order valence-electron chi connectivity index (χ4n) is 1.82. The lowest BCUT2D eigenvalue weighted by molar-refractivity contribution is 0.0940. The first-order valence-electron chi connectivity index (χ1n) is 6.56. The van der Waals surface area contributed by atoms with Crippen molar-refractivity contribution in [1.29, 1.82) is 0 Å². The second kappa shape index (κ2) is 7.81. The number of hydrogen-bond acceptors (Lipinski definition) is 3. The number of carbonyl (C=O) groups excluding carboxylic acids is 1. The van der Waals surface area contributed by atoms with E-state index in [0.717, 1.165) is 10.0 Å². The van der Waals surface area contributed by atoms with Gasteiger partial charge in [-0.25, -0.2) is 0 Å². The number of halogens is 1. The molecule has 110 valence electrons. The minimum atomic E-state index is -0.258. The zero-order valence-corrected chi connectivity index (χ0v) is 13.0. The van der Waals surface area contributed by atoms with E-state index < -0.39 is 0 Å². The Bertz CT molecular complexity index is 616. The summed E-state index contributed by atoms with van der Waals surface area (Å²) in [5.41, 5.74) is 1.46. The Balaban J connectivity index is 2.10. The molecule has 2 aromatic carbocycles. The summed E-state index contributed by atoms with van der Waals surface area (Å²) in [6.45, 7) is 0.495. The summed E-state index contributed by atoms with van der Waals surface area (Å²) in [6, 6.07) is 14.8. The average Bonchev–Trinajstić information content (AvgIpc) is 2.52. The summed E-state index contributed by atoms with van der Waals surface area (Å²) in [5.74, 6) is 0.260. The molecule has 2 N–H and O–H groups in total. The zero-order valence-electron chi connectivity index (χ0n) is 11.4. The van der Waals surface area contributed by atoms with Gasteiger partial charge in [-0.2, -0.15) is 0 Å². The zero-order chi connectivity index (χ0) is 15.1. The number of ether oxygens (including phenoxy) is 1. The van der Waals surface area contributed by atoms with Crippen molar-refractivity contribution in [3.8, 4) is 5.75 Å². The standard InChI is InChI=1S/C16H16BrNO3/c17-14-7-3-1-5-12(14)11-21-15-8-4-2-6-13(15)16(20)18-9-10-19/h1-8,19H,9-11H2,(H,18,20). The molecular formula is C16H16BrNO3. The lowest BCUT2D eigenvalue weighted by atomic mass is 10.2. The van der Waals surface area contributed by atoms with Crippen molar-refractivity contribution in [1.82, 2.24) is 5.32 Å². The van der Waals surface area contributed by atoms with E-state index >= 15 is 0 Å². The first kappa shape index (κ1) is 15.5. The maximum absolute atomic E-state index is 12.0. The van der Waals surface area contributed by atoms with Gasteiger partial charge < -0.3 is 15.2 Å². The molecule has 0 radical (unpaired) electrons. The maximum Gasteiger partial charge on any atom is 0.255 e. The van der Waals surface area contributed by atoms with Crippen LogP contribution in [0.15, 0.2) is 53.0 Å². The van der Waals surface area contributed by atoms with Crippen LogP contribution >= 0.6 is 15.9 Å². The molecule has 5 heteroatoms. The number of rotatable bonds is 6. The Morgan fingerprint density at radius 1 is 1.14 bits per heavy atom. The fraction of sp³-hybridized carbons (Fsp3) is 0.188. The molecule has 0 aliphatic carbocycles. The Kier molecular flexibility index (Phi) is 5.78. The van der Waals surface area contributed by atoms with Crippen molar-refractivity contribution in [2.45, 2.75) is 6.61 Å². The van der Waals surface area contributed by atoms with Crippen molar-refractivity contribution in [2.75, 3.05) is 13.2 Å². The van der Waals surface area contributed by atoms with Gasteiger partial charge in [-0.05, 0) is 18.2 Å². The largest absolute Gasteiger partial charge is 0.488 e. The van der Waals surface area contributed by atoms with E-state index in [1.807, 2.05) is 30.3 Å². The Morgan fingerprint density at radius 3 is 2.62 bits per heavy atom. The second-order valence-electron chi connectivity index (χ2n) is 4.36. The van der Waals surface area contributed by atoms with Gasteiger partial charge >= 0.3 is 0 Å². The molecule has 0 spiro atoms. The van der Waals surface area contributed by atoms with Crippen molar-refractivity contribution >= 4 is 21.8 Å². The fourth-order valence-corrected chi connectivity index (χ4v) is 2.21. The van der Waals surface area contributed by atoms with E-state index in [1.54, 1.807) is 18.2 Å². The van der Waals surface area contributed by atoms with Crippen LogP contribution in [0.2, 0.25) is 0 Å². The van der Waals surface area contributed by atoms with Crippen LogP contribution in [0.3, 0.4) is 0 Å². The Hall–Kier alpha value is -1.85. The summed E-state index contributed by atoms with van der Waals surface area (Å²) < 4.78 is 6.72. The highest BCUT2D eigenvalue weighted by Gasteiger charge is 2.11. The molecule has 0 aliphatic heterocycles. The summed E-state index contributed by atoms with van der Waals surface area (Å²) >= 11 is 3.46. The van der Waals surface area contributed by atoms with Crippen LogP contribution in [0.4, 0.5) is 0 Å². The lowest BCUT2D eigenvalue weighted by Gasteiger charge is -2.12. The molecule has 0 heterocycles. The number of nitrogens with one attached hydrogen (secondary N) is 1. The quantitative estimate of drug-likeness (QED) is 0.842. The third kappa shape index (κ3) is 4.31. The van der Waals surface area contributed by atoms with Gasteiger partial charge in [0.15, 0.2) is 0 Å². The molecule has 2 aromatic rings. The average molecular weight is 350 g/mol. The third-order valence-electron chi connectivity index (χ3n) is 2.87. The van der Waals surface area contributed by atoms with Crippen LogP contribution < -0.4 is 10.1 Å². The summed E-state index contributed by atoms with van der Waals surface area (Å²) in [6.07, 6.45) is 0. The predicted molar refractivity (Wildman–Crippen MR) is 84.3 cm³/mol. The van der Waals surface area contributed by atoms with Gasteiger partial charge in [0.2, 0.25) is 0 Å². The molecule has 1 amide bonds. The number of benzene rings is 2. The maximum atomic E-state index is 12.0. The smallest absolute Gasteiger partial charge is 0.255 e. The van der Waals surface area contributed by atoms with Gasteiger partial charge in [0.1, 0.15) is 12.4 Å². The van der Waals surface area contributed by atoms with Crippen LogP contribution in [0.25, 0.3) is 0 Å². The van der Waals surface area contributed by atoms with Crippen molar-refractivity contribution < 1.29 is 14.6 Å². The minimum Gasteiger partial charge on any atom is -0.488 e.